The van der Waals surface area contributed by atoms with Gasteiger partial charge in [-0.15, -0.1) is 0 Å². The first-order chi connectivity index (χ1) is 12.4. The van der Waals surface area contributed by atoms with Crippen LogP contribution in [-0.2, 0) is 16.1 Å². The third-order valence-corrected chi connectivity index (χ3v) is 4.50. The summed E-state index contributed by atoms with van der Waals surface area (Å²) in [5, 5.41) is 14.8. The zero-order valence-electron chi connectivity index (χ0n) is 16.6. The minimum absolute atomic E-state index is 1.22. The van der Waals surface area contributed by atoms with Crippen molar-refractivity contribution in [2.45, 2.75) is 65.8 Å². The van der Waals surface area contributed by atoms with E-state index in [4.69, 9.17) is 19.8 Å². The number of hydrogen-bond acceptors (Lipinski definition) is 2. The van der Waals surface area contributed by atoms with Crippen molar-refractivity contribution in [3.8, 4) is 0 Å². The van der Waals surface area contributed by atoms with E-state index >= 15 is 0 Å². The van der Waals surface area contributed by atoms with Gasteiger partial charge in [0, 0.05) is 5.56 Å². The summed E-state index contributed by atoms with van der Waals surface area (Å²) in [6.45, 7) is 12.2. The molecule has 0 bridgehead atoms. The number of rotatable bonds is 11. The molecule has 1 aromatic rings. The smallest absolute Gasteiger partial charge is 0.414 e. The molecule has 0 radical (unpaired) electrons. The van der Waals surface area contributed by atoms with Crippen molar-refractivity contribution >= 4 is 11.9 Å². The first-order valence-corrected chi connectivity index (χ1v) is 9.76. The van der Waals surface area contributed by atoms with Crippen LogP contribution in [-0.4, -0.2) is 46.3 Å². The van der Waals surface area contributed by atoms with Crippen molar-refractivity contribution in [1.82, 2.24) is 0 Å². The zero-order valence-corrected chi connectivity index (χ0v) is 16.6. The SMILES string of the molecule is CCCC[N+](CCCC)(CCCC)Cc1ccccc1.O=C(O)C(=O)O. The van der Waals surface area contributed by atoms with E-state index in [0.717, 1.165) is 0 Å². The number of unbranched alkanes of at least 4 members (excludes halogenated alkanes) is 3. The molecule has 26 heavy (non-hydrogen) atoms. The Morgan fingerprint density at radius 2 is 1.15 bits per heavy atom. The van der Waals surface area contributed by atoms with E-state index in [2.05, 4.69) is 51.1 Å². The van der Waals surface area contributed by atoms with Gasteiger partial charge in [-0.2, -0.15) is 0 Å². The molecule has 0 spiro atoms. The van der Waals surface area contributed by atoms with Crippen molar-refractivity contribution in [2.75, 3.05) is 19.6 Å². The van der Waals surface area contributed by atoms with Crippen molar-refractivity contribution in [3.63, 3.8) is 0 Å². The first-order valence-electron chi connectivity index (χ1n) is 9.76. The molecule has 0 saturated carbocycles. The van der Waals surface area contributed by atoms with Gasteiger partial charge in [0.1, 0.15) is 6.54 Å². The first kappa shape index (κ1) is 24.1. The fourth-order valence-corrected chi connectivity index (χ4v) is 3.02. The summed E-state index contributed by atoms with van der Waals surface area (Å²) in [6, 6.07) is 11.1. The highest BCUT2D eigenvalue weighted by Crippen LogP contribution is 2.19. The van der Waals surface area contributed by atoms with E-state index in [0.29, 0.717) is 0 Å². The number of benzene rings is 1. The minimum atomic E-state index is -1.82. The van der Waals surface area contributed by atoms with Crippen LogP contribution in [0.5, 0.6) is 0 Å². The largest absolute Gasteiger partial charge is 0.473 e. The Morgan fingerprint density at radius 3 is 1.46 bits per heavy atom. The Hall–Kier alpha value is -1.88. The molecule has 1 aromatic carbocycles. The lowest BCUT2D eigenvalue weighted by molar-refractivity contribution is -0.941. The third kappa shape index (κ3) is 10.9. The molecule has 0 aliphatic rings. The van der Waals surface area contributed by atoms with Gasteiger partial charge < -0.3 is 14.7 Å². The lowest BCUT2D eigenvalue weighted by Crippen LogP contribution is -2.49. The van der Waals surface area contributed by atoms with Crippen molar-refractivity contribution in [1.29, 1.82) is 0 Å². The molecule has 148 valence electrons. The van der Waals surface area contributed by atoms with Crippen LogP contribution in [0.15, 0.2) is 30.3 Å². The molecule has 0 saturated heterocycles. The molecule has 0 atom stereocenters. The second-order valence-electron chi connectivity index (χ2n) is 6.83. The second-order valence-corrected chi connectivity index (χ2v) is 6.83. The average molecular weight is 367 g/mol. The number of carbonyl (C=O) groups is 2. The van der Waals surface area contributed by atoms with E-state index in [1.165, 1.54) is 74.8 Å². The van der Waals surface area contributed by atoms with Crippen molar-refractivity contribution < 1.29 is 24.3 Å². The van der Waals surface area contributed by atoms with Gasteiger partial charge in [-0.3, -0.25) is 0 Å². The molecule has 0 heterocycles. The molecule has 0 fully saturated rings. The maximum Gasteiger partial charge on any atom is 0.414 e. The van der Waals surface area contributed by atoms with E-state index in [9.17, 15) is 0 Å². The van der Waals surface area contributed by atoms with E-state index < -0.39 is 11.9 Å². The van der Waals surface area contributed by atoms with Gasteiger partial charge in [0.05, 0.1) is 19.6 Å². The number of hydrogen-bond donors (Lipinski definition) is 2. The lowest BCUT2D eigenvalue weighted by atomic mass is 10.1. The Balaban J connectivity index is 0.000000896. The van der Waals surface area contributed by atoms with Crippen LogP contribution in [0.2, 0.25) is 0 Å². The summed E-state index contributed by atoms with van der Waals surface area (Å²) in [5.41, 5.74) is 1.51. The molecular formula is C21H36NO4+. The van der Waals surface area contributed by atoms with E-state index in [1.54, 1.807) is 0 Å². The maximum absolute atomic E-state index is 9.10. The standard InChI is InChI=1S/C19H34N.C2H2O4/c1-4-7-15-20(16-8-5-2,17-9-6-3)18-19-13-11-10-12-14-19;3-1(4)2(5)6/h10-14H,4-9,15-18H2,1-3H3;(H,3,4)(H,5,6)/q+1;. The van der Waals surface area contributed by atoms with E-state index in [-0.39, 0.29) is 0 Å². The summed E-state index contributed by atoms with van der Waals surface area (Å²) in [7, 11) is 0. The number of quaternary nitrogens is 1. The van der Waals surface area contributed by atoms with Gasteiger partial charge in [0.2, 0.25) is 0 Å². The lowest BCUT2D eigenvalue weighted by Gasteiger charge is -2.39. The summed E-state index contributed by atoms with van der Waals surface area (Å²) in [5.74, 6) is -3.65. The fraction of sp³-hybridized carbons (Fsp3) is 0.619. The van der Waals surface area contributed by atoms with Crippen LogP contribution in [0.25, 0.3) is 0 Å². The van der Waals surface area contributed by atoms with Crippen LogP contribution in [0, 0.1) is 0 Å². The van der Waals surface area contributed by atoms with Crippen LogP contribution in [0.4, 0.5) is 0 Å². The van der Waals surface area contributed by atoms with E-state index in [1.807, 2.05) is 0 Å². The minimum Gasteiger partial charge on any atom is -0.473 e. The number of nitrogens with zero attached hydrogens (tertiary/aromatic N) is 1. The molecular weight excluding hydrogens is 330 g/mol. The molecule has 0 unspecified atom stereocenters. The van der Waals surface area contributed by atoms with Gasteiger partial charge in [-0.1, -0.05) is 70.4 Å². The Labute approximate surface area is 158 Å². The van der Waals surface area contributed by atoms with Gasteiger partial charge in [0.15, 0.2) is 0 Å². The molecule has 0 aliphatic carbocycles. The molecule has 0 aliphatic heterocycles. The zero-order chi connectivity index (χ0) is 19.8. The summed E-state index contributed by atoms with van der Waals surface area (Å²) in [6.07, 6.45) is 8.02. The number of carboxylic acid groups (broad SMARTS) is 2. The quantitative estimate of drug-likeness (QED) is 0.445. The highest BCUT2D eigenvalue weighted by atomic mass is 16.4. The Kier molecular flexibility index (Phi) is 13.3. The Morgan fingerprint density at radius 1 is 0.769 bits per heavy atom. The molecule has 0 aromatic heterocycles. The monoisotopic (exact) mass is 366 g/mol. The number of aliphatic carboxylic acids is 2. The van der Waals surface area contributed by atoms with Gasteiger partial charge in [0.25, 0.3) is 0 Å². The van der Waals surface area contributed by atoms with Gasteiger partial charge in [-0.25, -0.2) is 9.59 Å². The summed E-state index contributed by atoms with van der Waals surface area (Å²) < 4.78 is 1.31. The normalized spacial score (nSPS) is 10.7. The highest BCUT2D eigenvalue weighted by molar-refractivity contribution is 6.27. The Bertz CT molecular complexity index is 468. The molecule has 0 amide bonds. The van der Waals surface area contributed by atoms with Crippen LogP contribution in [0.3, 0.4) is 0 Å². The topological polar surface area (TPSA) is 74.6 Å². The summed E-state index contributed by atoms with van der Waals surface area (Å²) in [4.78, 5) is 18.2. The second kappa shape index (κ2) is 14.3. The predicted octanol–water partition coefficient (Wildman–Crippen LogP) is 4.56. The molecule has 5 heteroatoms. The van der Waals surface area contributed by atoms with Crippen molar-refractivity contribution in [3.05, 3.63) is 35.9 Å². The van der Waals surface area contributed by atoms with Crippen LogP contribution >= 0.6 is 0 Å². The van der Waals surface area contributed by atoms with Gasteiger partial charge >= 0.3 is 11.9 Å². The summed E-state index contributed by atoms with van der Waals surface area (Å²) >= 11 is 0. The molecule has 1 rings (SSSR count). The maximum atomic E-state index is 9.10. The van der Waals surface area contributed by atoms with Gasteiger partial charge in [-0.05, 0) is 19.3 Å². The van der Waals surface area contributed by atoms with Crippen LogP contribution in [0.1, 0.15) is 64.9 Å². The molecule has 2 N–H and O–H groups in total. The third-order valence-electron chi connectivity index (χ3n) is 4.50. The average Bonchev–Trinajstić information content (AvgIpc) is 2.64. The number of carboxylic acids is 2. The van der Waals surface area contributed by atoms with Crippen molar-refractivity contribution in [2.24, 2.45) is 0 Å². The van der Waals surface area contributed by atoms with Crippen LogP contribution < -0.4 is 0 Å². The predicted molar refractivity (Wildman–Crippen MR) is 105 cm³/mol. The fourth-order valence-electron chi connectivity index (χ4n) is 3.02. The molecule has 5 nitrogen and oxygen atoms in total. The highest BCUT2D eigenvalue weighted by Gasteiger charge is 2.25.